The van der Waals surface area contributed by atoms with Crippen molar-refractivity contribution in [1.29, 1.82) is 0 Å². The third kappa shape index (κ3) is 3.58. The van der Waals surface area contributed by atoms with Crippen LogP contribution in [-0.2, 0) is 12.8 Å². The summed E-state index contributed by atoms with van der Waals surface area (Å²) in [7, 11) is 1.92. The van der Waals surface area contributed by atoms with Crippen LogP contribution in [0.5, 0.6) is 0 Å². The van der Waals surface area contributed by atoms with E-state index in [9.17, 15) is 0 Å². The molecule has 2 aromatic heterocycles. The number of likely N-dealkylation sites (N-methyl/N-ethyl adjacent to an activating group) is 1. The zero-order chi connectivity index (χ0) is 13.7. The first-order valence-electron chi connectivity index (χ1n) is 6.62. The number of rotatable bonds is 5. The molecule has 0 spiro atoms. The molecular weight excluding hydrogens is 236 g/mol. The highest BCUT2D eigenvalue weighted by molar-refractivity contribution is 5.16. The van der Waals surface area contributed by atoms with E-state index in [0.29, 0.717) is 0 Å². The molecule has 0 radical (unpaired) electrons. The van der Waals surface area contributed by atoms with E-state index in [0.717, 1.165) is 29.9 Å². The molecule has 0 amide bonds. The molecule has 2 aromatic rings. The fraction of sp³-hybridized carbons (Fsp3) is 0.400. The van der Waals surface area contributed by atoms with Gasteiger partial charge in [-0.3, -0.25) is 4.98 Å². The number of nitrogens with zero attached hydrogens (tertiary/aromatic N) is 3. The van der Waals surface area contributed by atoms with Crippen LogP contribution >= 0.6 is 0 Å². The quantitative estimate of drug-likeness (QED) is 0.891. The number of pyridine rings is 1. The molecule has 1 unspecified atom stereocenters. The molecule has 1 atom stereocenters. The summed E-state index contributed by atoms with van der Waals surface area (Å²) in [6, 6.07) is 4.31. The van der Waals surface area contributed by atoms with Crippen molar-refractivity contribution in [3.05, 3.63) is 53.4 Å². The van der Waals surface area contributed by atoms with Gasteiger partial charge in [0.25, 0.3) is 0 Å². The first-order valence-corrected chi connectivity index (χ1v) is 6.62. The molecule has 0 bridgehead atoms. The average molecular weight is 256 g/mol. The number of nitrogens with one attached hydrogen (secondary N) is 1. The lowest BCUT2D eigenvalue weighted by atomic mass is 10.1. The minimum atomic E-state index is 0.0978. The lowest BCUT2D eigenvalue weighted by Gasteiger charge is -2.14. The Bertz CT molecular complexity index is 505. The summed E-state index contributed by atoms with van der Waals surface area (Å²) in [6.07, 6.45) is 7.45. The SMILES string of the molecule is CCc1ccc(CC(NC)c2ncc(C)cn2)nc1. The summed E-state index contributed by atoms with van der Waals surface area (Å²) in [5.74, 6) is 0.814. The normalized spacial score (nSPS) is 12.4. The van der Waals surface area contributed by atoms with Crippen LogP contribution in [-0.4, -0.2) is 22.0 Å². The van der Waals surface area contributed by atoms with Crippen LogP contribution in [0.4, 0.5) is 0 Å². The fourth-order valence-corrected chi connectivity index (χ4v) is 1.90. The maximum Gasteiger partial charge on any atom is 0.145 e. The molecule has 2 rings (SSSR count). The first kappa shape index (κ1) is 13.6. The monoisotopic (exact) mass is 256 g/mol. The molecule has 1 N–H and O–H groups in total. The Morgan fingerprint density at radius 1 is 1.11 bits per heavy atom. The molecule has 0 saturated heterocycles. The highest BCUT2D eigenvalue weighted by atomic mass is 15.0. The van der Waals surface area contributed by atoms with Crippen LogP contribution in [0.25, 0.3) is 0 Å². The maximum absolute atomic E-state index is 4.48. The molecule has 0 saturated carbocycles. The van der Waals surface area contributed by atoms with Crippen LogP contribution in [0.2, 0.25) is 0 Å². The number of aryl methyl sites for hydroxylation is 2. The molecule has 0 aromatic carbocycles. The van der Waals surface area contributed by atoms with Gasteiger partial charge in [-0.2, -0.15) is 0 Å². The molecule has 0 fully saturated rings. The topological polar surface area (TPSA) is 50.7 Å². The third-order valence-electron chi connectivity index (χ3n) is 3.17. The Morgan fingerprint density at radius 2 is 1.84 bits per heavy atom. The van der Waals surface area contributed by atoms with Crippen LogP contribution in [0, 0.1) is 6.92 Å². The van der Waals surface area contributed by atoms with Gasteiger partial charge in [-0.1, -0.05) is 13.0 Å². The van der Waals surface area contributed by atoms with Gasteiger partial charge in [-0.05, 0) is 37.6 Å². The number of aromatic nitrogens is 3. The van der Waals surface area contributed by atoms with Crippen molar-refractivity contribution < 1.29 is 0 Å². The standard InChI is InChI=1S/C15H20N4/c1-4-12-5-6-13(17-10-12)7-14(16-3)15-18-8-11(2)9-19-15/h5-6,8-10,14,16H,4,7H2,1-3H3. The first-order chi connectivity index (χ1) is 9.22. The van der Waals surface area contributed by atoms with Gasteiger partial charge in [0, 0.05) is 30.7 Å². The Balaban J connectivity index is 2.11. The summed E-state index contributed by atoms with van der Waals surface area (Å²) in [4.78, 5) is 13.2. The molecule has 0 aliphatic carbocycles. The summed E-state index contributed by atoms with van der Waals surface area (Å²) in [5.41, 5.74) is 3.39. The third-order valence-corrected chi connectivity index (χ3v) is 3.17. The van der Waals surface area contributed by atoms with Crippen LogP contribution in [0.3, 0.4) is 0 Å². The number of hydrogen-bond acceptors (Lipinski definition) is 4. The molecule has 2 heterocycles. The van der Waals surface area contributed by atoms with E-state index in [-0.39, 0.29) is 6.04 Å². The van der Waals surface area contributed by atoms with E-state index in [2.05, 4.69) is 39.3 Å². The van der Waals surface area contributed by atoms with Crippen molar-refractivity contribution >= 4 is 0 Å². The lowest BCUT2D eigenvalue weighted by molar-refractivity contribution is 0.550. The van der Waals surface area contributed by atoms with E-state index in [4.69, 9.17) is 0 Å². The Labute approximate surface area is 114 Å². The average Bonchev–Trinajstić information content (AvgIpc) is 2.46. The highest BCUT2D eigenvalue weighted by Crippen LogP contribution is 2.13. The maximum atomic E-state index is 4.48. The molecule has 19 heavy (non-hydrogen) atoms. The van der Waals surface area contributed by atoms with Gasteiger partial charge in [0.2, 0.25) is 0 Å². The summed E-state index contributed by atoms with van der Waals surface area (Å²) in [6.45, 7) is 4.12. The van der Waals surface area contributed by atoms with Crippen molar-refractivity contribution in [3.8, 4) is 0 Å². The van der Waals surface area contributed by atoms with E-state index < -0.39 is 0 Å². The second-order valence-corrected chi connectivity index (χ2v) is 4.68. The highest BCUT2D eigenvalue weighted by Gasteiger charge is 2.13. The molecular formula is C15H20N4. The Kier molecular flexibility index (Phi) is 4.58. The molecule has 0 aliphatic heterocycles. The van der Waals surface area contributed by atoms with Crippen LogP contribution in [0.15, 0.2) is 30.7 Å². The van der Waals surface area contributed by atoms with Gasteiger partial charge in [-0.15, -0.1) is 0 Å². The Hall–Kier alpha value is -1.81. The zero-order valence-corrected chi connectivity index (χ0v) is 11.7. The predicted molar refractivity (Wildman–Crippen MR) is 75.9 cm³/mol. The smallest absolute Gasteiger partial charge is 0.145 e. The summed E-state index contributed by atoms with van der Waals surface area (Å²) >= 11 is 0. The minimum absolute atomic E-state index is 0.0978. The van der Waals surface area contributed by atoms with Gasteiger partial charge >= 0.3 is 0 Å². The van der Waals surface area contributed by atoms with Crippen LogP contribution in [0.1, 0.15) is 35.6 Å². The summed E-state index contributed by atoms with van der Waals surface area (Å²) in [5, 5.41) is 3.25. The van der Waals surface area contributed by atoms with Gasteiger partial charge in [-0.25, -0.2) is 9.97 Å². The fourth-order valence-electron chi connectivity index (χ4n) is 1.90. The van der Waals surface area contributed by atoms with E-state index in [1.807, 2.05) is 32.6 Å². The van der Waals surface area contributed by atoms with Gasteiger partial charge in [0.1, 0.15) is 5.82 Å². The zero-order valence-electron chi connectivity index (χ0n) is 11.7. The lowest BCUT2D eigenvalue weighted by Crippen LogP contribution is -2.21. The summed E-state index contributed by atoms with van der Waals surface area (Å²) < 4.78 is 0. The van der Waals surface area contributed by atoms with Crippen molar-refractivity contribution in [2.45, 2.75) is 32.7 Å². The van der Waals surface area contributed by atoms with Crippen molar-refractivity contribution in [3.63, 3.8) is 0 Å². The molecule has 100 valence electrons. The van der Waals surface area contributed by atoms with Gasteiger partial charge < -0.3 is 5.32 Å². The molecule has 4 heteroatoms. The predicted octanol–water partition coefficient (Wildman–Crippen LogP) is 2.25. The second kappa shape index (κ2) is 6.38. The second-order valence-electron chi connectivity index (χ2n) is 4.68. The molecule has 0 aliphatic rings. The molecule has 4 nitrogen and oxygen atoms in total. The van der Waals surface area contributed by atoms with Gasteiger partial charge in [0.15, 0.2) is 0 Å². The van der Waals surface area contributed by atoms with E-state index in [1.54, 1.807) is 0 Å². The largest absolute Gasteiger partial charge is 0.310 e. The van der Waals surface area contributed by atoms with Crippen LogP contribution < -0.4 is 5.32 Å². The minimum Gasteiger partial charge on any atom is -0.310 e. The van der Waals surface area contributed by atoms with E-state index in [1.165, 1.54) is 5.56 Å². The van der Waals surface area contributed by atoms with Crippen molar-refractivity contribution in [2.24, 2.45) is 0 Å². The Morgan fingerprint density at radius 3 is 2.37 bits per heavy atom. The number of hydrogen-bond donors (Lipinski definition) is 1. The van der Waals surface area contributed by atoms with Gasteiger partial charge in [0.05, 0.1) is 6.04 Å². The van der Waals surface area contributed by atoms with Crippen molar-refractivity contribution in [1.82, 2.24) is 20.3 Å². The van der Waals surface area contributed by atoms with Crippen molar-refractivity contribution in [2.75, 3.05) is 7.05 Å². The van der Waals surface area contributed by atoms with E-state index >= 15 is 0 Å².